The van der Waals surface area contributed by atoms with Crippen LogP contribution in [0.5, 0.6) is 0 Å². The summed E-state index contributed by atoms with van der Waals surface area (Å²) in [5, 5.41) is 11.7. The lowest BCUT2D eigenvalue weighted by molar-refractivity contribution is -0.142. The molecule has 5 heteroatoms. The topological polar surface area (TPSA) is 69.6 Å². The fourth-order valence-corrected chi connectivity index (χ4v) is 2.26. The van der Waals surface area contributed by atoms with Gasteiger partial charge in [0.2, 0.25) is 11.8 Å². The Morgan fingerprint density at radius 3 is 2.58 bits per heavy atom. The van der Waals surface area contributed by atoms with Gasteiger partial charge in [-0.1, -0.05) is 20.8 Å². The first-order chi connectivity index (χ1) is 8.75. The standard InChI is InChI=1S/C14H26N2O3/c1-10(9-17)15-12(18)11-6-5-7-16(8-11)13(19)14(2,3)4/h10-11,17H,5-9H2,1-4H3,(H,15,18). The van der Waals surface area contributed by atoms with Crippen LogP contribution in [0.2, 0.25) is 0 Å². The van der Waals surface area contributed by atoms with Gasteiger partial charge in [0.15, 0.2) is 0 Å². The van der Waals surface area contributed by atoms with Gasteiger partial charge in [0, 0.05) is 24.5 Å². The summed E-state index contributed by atoms with van der Waals surface area (Å²) >= 11 is 0. The van der Waals surface area contributed by atoms with Crippen molar-refractivity contribution in [1.82, 2.24) is 10.2 Å². The van der Waals surface area contributed by atoms with Gasteiger partial charge in [-0.05, 0) is 19.8 Å². The molecular weight excluding hydrogens is 244 g/mol. The van der Waals surface area contributed by atoms with Gasteiger partial charge in [-0.15, -0.1) is 0 Å². The molecule has 1 fully saturated rings. The minimum Gasteiger partial charge on any atom is -0.394 e. The van der Waals surface area contributed by atoms with Crippen LogP contribution in [0.15, 0.2) is 0 Å². The first kappa shape index (κ1) is 16.0. The van der Waals surface area contributed by atoms with Crippen LogP contribution in [-0.4, -0.2) is 47.6 Å². The van der Waals surface area contributed by atoms with E-state index in [0.717, 1.165) is 19.4 Å². The molecule has 19 heavy (non-hydrogen) atoms. The number of aliphatic hydroxyl groups excluding tert-OH is 1. The summed E-state index contributed by atoms with van der Waals surface area (Å²) in [6, 6.07) is -0.235. The number of amides is 2. The van der Waals surface area contributed by atoms with E-state index in [1.54, 1.807) is 11.8 Å². The second-order valence-electron chi connectivity index (χ2n) is 6.43. The Bertz CT molecular complexity index is 336. The van der Waals surface area contributed by atoms with E-state index in [-0.39, 0.29) is 30.4 Å². The highest BCUT2D eigenvalue weighted by atomic mass is 16.3. The molecule has 0 saturated carbocycles. The molecule has 1 aliphatic heterocycles. The third-order valence-corrected chi connectivity index (χ3v) is 3.38. The smallest absolute Gasteiger partial charge is 0.227 e. The SMILES string of the molecule is CC(CO)NC(=O)C1CCCN(C(=O)C(C)(C)C)C1. The normalized spacial score (nSPS) is 21.9. The van der Waals surface area contributed by atoms with Gasteiger partial charge in [0.05, 0.1) is 12.5 Å². The van der Waals surface area contributed by atoms with E-state index in [9.17, 15) is 9.59 Å². The van der Waals surface area contributed by atoms with Gasteiger partial charge in [-0.3, -0.25) is 9.59 Å². The highest BCUT2D eigenvalue weighted by molar-refractivity contribution is 5.84. The summed E-state index contributed by atoms with van der Waals surface area (Å²) in [4.78, 5) is 26.0. The molecule has 2 amide bonds. The molecule has 0 aromatic heterocycles. The maximum Gasteiger partial charge on any atom is 0.227 e. The average molecular weight is 270 g/mol. The zero-order valence-electron chi connectivity index (χ0n) is 12.4. The van der Waals surface area contributed by atoms with E-state index in [1.165, 1.54) is 0 Å². The van der Waals surface area contributed by atoms with Crippen LogP contribution in [0.3, 0.4) is 0 Å². The van der Waals surface area contributed by atoms with Crippen molar-refractivity contribution in [2.45, 2.75) is 46.6 Å². The highest BCUT2D eigenvalue weighted by Gasteiger charge is 2.33. The Labute approximate surface area is 115 Å². The van der Waals surface area contributed by atoms with Crippen molar-refractivity contribution >= 4 is 11.8 Å². The highest BCUT2D eigenvalue weighted by Crippen LogP contribution is 2.23. The number of carbonyl (C=O) groups is 2. The van der Waals surface area contributed by atoms with Gasteiger partial charge < -0.3 is 15.3 Å². The molecule has 110 valence electrons. The lowest BCUT2D eigenvalue weighted by Gasteiger charge is -2.36. The van der Waals surface area contributed by atoms with E-state index in [2.05, 4.69) is 5.32 Å². The largest absolute Gasteiger partial charge is 0.394 e. The summed E-state index contributed by atoms with van der Waals surface area (Å²) in [5.74, 6) is -0.123. The molecule has 1 rings (SSSR count). The number of hydrogen-bond acceptors (Lipinski definition) is 3. The van der Waals surface area contributed by atoms with Crippen molar-refractivity contribution in [2.75, 3.05) is 19.7 Å². The fraction of sp³-hybridized carbons (Fsp3) is 0.857. The van der Waals surface area contributed by atoms with E-state index in [1.807, 2.05) is 20.8 Å². The van der Waals surface area contributed by atoms with Crippen LogP contribution in [-0.2, 0) is 9.59 Å². The lowest BCUT2D eigenvalue weighted by Crippen LogP contribution is -2.50. The molecular formula is C14H26N2O3. The van der Waals surface area contributed by atoms with Crippen LogP contribution < -0.4 is 5.32 Å². The Hall–Kier alpha value is -1.10. The predicted molar refractivity (Wildman–Crippen MR) is 73.4 cm³/mol. The van der Waals surface area contributed by atoms with Crippen molar-refractivity contribution in [3.63, 3.8) is 0 Å². The number of hydrogen-bond donors (Lipinski definition) is 2. The molecule has 0 aliphatic carbocycles. The number of aliphatic hydroxyl groups is 1. The lowest BCUT2D eigenvalue weighted by atomic mass is 9.91. The third kappa shape index (κ3) is 4.49. The predicted octanol–water partition coefficient (Wildman–Crippen LogP) is 0.768. The van der Waals surface area contributed by atoms with E-state index in [0.29, 0.717) is 6.54 Å². The summed E-state index contributed by atoms with van der Waals surface area (Å²) in [6.45, 7) is 8.60. The molecule has 2 atom stereocenters. The Kier molecular flexibility index (Phi) is 5.35. The monoisotopic (exact) mass is 270 g/mol. The molecule has 1 heterocycles. The van der Waals surface area contributed by atoms with E-state index < -0.39 is 5.41 Å². The van der Waals surface area contributed by atoms with Crippen LogP contribution in [0.1, 0.15) is 40.5 Å². The van der Waals surface area contributed by atoms with Crippen molar-refractivity contribution in [1.29, 1.82) is 0 Å². The first-order valence-electron chi connectivity index (χ1n) is 6.96. The van der Waals surface area contributed by atoms with Crippen molar-refractivity contribution in [3.8, 4) is 0 Å². The zero-order chi connectivity index (χ0) is 14.6. The fourth-order valence-electron chi connectivity index (χ4n) is 2.26. The number of carbonyl (C=O) groups excluding carboxylic acids is 2. The van der Waals surface area contributed by atoms with Gasteiger partial charge in [0.1, 0.15) is 0 Å². The molecule has 2 N–H and O–H groups in total. The maximum absolute atomic E-state index is 12.2. The van der Waals surface area contributed by atoms with E-state index >= 15 is 0 Å². The average Bonchev–Trinajstić information content (AvgIpc) is 2.36. The van der Waals surface area contributed by atoms with Gasteiger partial charge in [-0.25, -0.2) is 0 Å². The number of nitrogens with zero attached hydrogens (tertiary/aromatic N) is 1. The van der Waals surface area contributed by atoms with Crippen LogP contribution in [0.25, 0.3) is 0 Å². The molecule has 2 unspecified atom stereocenters. The maximum atomic E-state index is 12.2. The van der Waals surface area contributed by atoms with Gasteiger partial charge in [0.25, 0.3) is 0 Å². The summed E-state index contributed by atoms with van der Waals surface area (Å²) < 4.78 is 0. The quantitative estimate of drug-likeness (QED) is 0.796. The summed E-state index contributed by atoms with van der Waals surface area (Å²) in [5.41, 5.74) is -0.406. The van der Waals surface area contributed by atoms with Crippen LogP contribution in [0.4, 0.5) is 0 Å². The Morgan fingerprint density at radius 2 is 2.05 bits per heavy atom. The molecule has 0 aromatic rings. The molecule has 0 radical (unpaired) electrons. The number of nitrogens with one attached hydrogen (secondary N) is 1. The molecule has 5 nitrogen and oxygen atoms in total. The minimum atomic E-state index is -0.406. The molecule has 0 bridgehead atoms. The molecule has 0 aromatic carbocycles. The zero-order valence-corrected chi connectivity index (χ0v) is 12.4. The van der Waals surface area contributed by atoms with Crippen molar-refractivity contribution < 1.29 is 14.7 Å². The minimum absolute atomic E-state index is 0.0621. The number of piperidine rings is 1. The summed E-state index contributed by atoms with van der Waals surface area (Å²) in [6.07, 6.45) is 1.66. The van der Waals surface area contributed by atoms with Crippen molar-refractivity contribution in [3.05, 3.63) is 0 Å². The Morgan fingerprint density at radius 1 is 1.42 bits per heavy atom. The Balaban J connectivity index is 2.60. The van der Waals surface area contributed by atoms with Gasteiger partial charge in [-0.2, -0.15) is 0 Å². The van der Waals surface area contributed by atoms with Crippen molar-refractivity contribution in [2.24, 2.45) is 11.3 Å². The molecule has 1 aliphatic rings. The first-order valence-corrected chi connectivity index (χ1v) is 6.96. The number of rotatable bonds is 3. The van der Waals surface area contributed by atoms with Crippen LogP contribution >= 0.6 is 0 Å². The third-order valence-electron chi connectivity index (χ3n) is 3.38. The second kappa shape index (κ2) is 6.37. The second-order valence-corrected chi connectivity index (χ2v) is 6.43. The summed E-state index contributed by atoms with van der Waals surface area (Å²) in [7, 11) is 0. The van der Waals surface area contributed by atoms with Crippen LogP contribution in [0, 0.1) is 11.3 Å². The molecule has 1 saturated heterocycles. The van der Waals surface area contributed by atoms with E-state index in [4.69, 9.17) is 5.11 Å². The van der Waals surface area contributed by atoms with Gasteiger partial charge >= 0.3 is 0 Å². The number of likely N-dealkylation sites (tertiary alicyclic amines) is 1. The molecule has 0 spiro atoms.